The first-order valence-corrected chi connectivity index (χ1v) is 14.2. The average Bonchev–Trinajstić information content (AvgIpc) is 2.97. The Morgan fingerprint density at radius 2 is 1.54 bits per heavy atom. The highest BCUT2D eigenvalue weighted by Crippen LogP contribution is 2.38. The number of carbonyl (C=O) groups excluding carboxylic acids is 1. The van der Waals surface area contributed by atoms with E-state index in [1.807, 2.05) is 37.3 Å². The molecule has 0 atom stereocenters. The topological polar surface area (TPSA) is 80.6 Å². The number of amides is 1. The van der Waals surface area contributed by atoms with Crippen molar-refractivity contribution in [1.82, 2.24) is 0 Å². The number of nitrogens with one attached hydrogen (secondary N) is 1. The van der Waals surface area contributed by atoms with Gasteiger partial charge in [-0.1, -0.05) is 40.2 Å². The Kier molecular flexibility index (Phi) is 10.5. The fraction of sp³-hybridized carbons (Fsp3) is 0.125. The van der Waals surface area contributed by atoms with Gasteiger partial charge in [-0.15, -0.1) is 0 Å². The van der Waals surface area contributed by atoms with E-state index in [2.05, 4.69) is 37.2 Å². The summed E-state index contributed by atoms with van der Waals surface area (Å²) in [6.07, 6.45) is 1.47. The first-order chi connectivity index (χ1) is 19.8. The Morgan fingerprint density at radius 3 is 2.17 bits per heavy atom. The summed E-state index contributed by atoms with van der Waals surface area (Å²) < 4.78 is 32.3. The number of rotatable bonds is 11. The predicted octanol–water partition coefficient (Wildman–Crippen LogP) is 8.45. The minimum Gasteiger partial charge on any atom is -0.490 e. The predicted molar refractivity (Wildman–Crippen MR) is 163 cm³/mol. The minimum atomic E-state index is -0.554. The molecule has 0 bridgehead atoms. The number of anilines is 1. The summed E-state index contributed by atoms with van der Waals surface area (Å²) in [7, 11) is 0. The third-order valence-electron chi connectivity index (χ3n) is 5.74. The largest absolute Gasteiger partial charge is 0.490 e. The van der Waals surface area contributed by atoms with E-state index >= 15 is 0 Å². The second-order valence-electron chi connectivity index (χ2n) is 8.74. The van der Waals surface area contributed by atoms with Crippen LogP contribution in [0.25, 0.3) is 6.08 Å². The van der Waals surface area contributed by atoms with E-state index in [1.165, 1.54) is 18.2 Å². The maximum atomic E-state index is 13.2. The van der Waals surface area contributed by atoms with Gasteiger partial charge >= 0.3 is 0 Å². The number of benzene rings is 4. The molecule has 1 N–H and O–H groups in total. The van der Waals surface area contributed by atoms with E-state index in [0.717, 1.165) is 15.6 Å². The van der Waals surface area contributed by atoms with Gasteiger partial charge in [0.1, 0.15) is 36.4 Å². The van der Waals surface area contributed by atoms with Crippen molar-refractivity contribution in [2.75, 3.05) is 11.9 Å². The quantitative estimate of drug-likeness (QED) is 0.127. The molecule has 0 fully saturated rings. The lowest BCUT2D eigenvalue weighted by molar-refractivity contribution is -0.112. The van der Waals surface area contributed by atoms with Gasteiger partial charge in [0, 0.05) is 10.2 Å². The number of nitrogens with zero attached hydrogens (tertiary/aromatic N) is 1. The Balaban J connectivity index is 1.43. The SMILES string of the molecule is CCOc1cc(/C=C(\C#N)C(=O)Nc2ccc(OCc3ccc(Br)cc3)cc2)cc(Br)c1OCc1ccc(F)cc1. The number of hydrogen-bond acceptors (Lipinski definition) is 5. The van der Waals surface area contributed by atoms with E-state index < -0.39 is 5.91 Å². The lowest BCUT2D eigenvalue weighted by Gasteiger charge is -2.15. The van der Waals surface area contributed by atoms with Crippen LogP contribution in [-0.2, 0) is 18.0 Å². The molecule has 208 valence electrons. The van der Waals surface area contributed by atoms with Gasteiger partial charge in [-0.25, -0.2) is 4.39 Å². The molecular formula is C32H25Br2FN2O4. The molecule has 0 aliphatic rings. The van der Waals surface area contributed by atoms with Crippen LogP contribution < -0.4 is 19.5 Å². The zero-order chi connectivity index (χ0) is 29.2. The third kappa shape index (κ3) is 8.68. The number of ether oxygens (including phenoxy) is 3. The highest BCUT2D eigenvalue weighted by Gasteiger charge is 2.15. The van der Waals surface area contributed by atoms with Crippen LogP contribution >= 0.6 is 31.9 Å². The molecule has 0 aliphatic carbocycles. The van der Waals surface area contributed by atoms with Crippen molar-refractivity contribution in [3.63, 3.8) is 0 Å². The van der Waals surface area contributed by atoms with E-state index in [0.29, 0.717) is 46.2 Å². The van der Waals surface area contributed by atoms with Crippen LogP contribution in [0.5, 0.6) is 17.2 Å². The van der Waals surface area contributed by atoms with Gasteiger partial charge in [-0.2, -0.15) is 5.26 Å². The smallest absolute Gasteiger partial charge is 0.266 e. The fourth-order valence-corrected chi connectivity index (χ4v) is 4.54. The third-order valence-corrected chi connectivity index (χ3v) is 6.85. The molecule has 0 saturated heterocycles. The molecule has 0 aromatic heterocycles. The molecule has 0 unspecified atom stereocenters. The van der Waals surface area contributed by atoms with Crippen molar-refractivity contribution in [2.24, 2.45) is 0 Å². The Bertz CT molecular complexity index is 1570. The molecule has 4 aromatic carbocycles. The second kappa shape index (κ2) is 14.5. The summed E-state index contributed by atoms with van der Waals surface area (Å²) in [5, 5.41) is 12.4. The monoisotopic (exact) mass is 678 g/mol. The van der Waals surface area contributed by atoms with Crippen LogP contribution in [-0.4, -0.2) is 12.5 Å². The Morgan fingerprint density at radius 1 is 0.902 bits per heavy atom. The van der Waals surface area contributed by atoms with E-state index in [4.69, 9.17) is 14.2 Å². The van der Waals surface area contributed by atoms with Crippen molar-refractivity contribution in [3.05, 3.63) is 122 Å². The first kappa shape index (κ1) is 29.8. The number of nitriles is 1. The normalized spacial score (nSPS) is 11.0. The van der Waals surface area contributed by atoms with Crippen LogP contribution in [0.4, 0.5) is 10.1 Å². The number of hydrogen-bond donors (Lipinski definition) is 1. The summed E-state index contributed by atoms with van der Waals surface area (Å²) in [4.78, 5) is 12.9. The van der Waals surface area contributed by atoms with Crippen LogP contribution in [0, 0.1) is 17.1 Å². The fourth-order valence-electron chi connectivity index (χ4n) is 3.71. The van der Waals surface area contributed by atoms with Crippen molar-refractivity contribution in [1.29, 1.82) is 5.26 Å². The summed E-state index contributed by atoms with van der Waals surface area (Å²) in [6.45, 7) is 2.83. The zero-order valence-corrected chi connectivity index (χ0v) is 25.2. The van der Waals surface area contributed by atoms with Gasteiger partial charge in [0.2, 0.25) is 0 Å². The molecule has 4 rings (SSSR count). The number of halogens is 3. The molecule has 6 nitrogen and oxygen atoms in total. The maximum absolute atomic E-state index is 13.2. The highest BCUT2D eigenvalue weighted by atomic mass is 79.9. The van der Waals surface area contributed by atoms with Crippen LogP contribution in [0.15, 0.2) is 99.4 Å². The summed E-state index contributed by atoms with van der Waals surface area (Å²) >= 11 is 6.91. The van der Waals surface area contributed by atoms with Gasteiger partial charge in [0.15, 0.2) is 11.5 Å². The summed E-state index contributed by atoms with van der Waals surface area (Å²) in [5.74, 6) is 0.668. The zero-order valence-electron chi connectivity index (χ0n) is 22.0. The van der Waals surface area contributed by atoms with Crippen LogP contribution in [0.3, 0.4) is 0 Å². The van der Waals surface area contributed by atoms with E-state index in [9.17, 15) is 14.4 Å². The van der Waals surface area contributed by atoms with Gasteiger partial charge in [-0.3, -0.25) is 4.79 Å². The lowest BCUT2D eigenvalue weighted by atomic mass is 10.1. The Hall–Kier alpha value is -4.13. The van der Waals surface area contributed by atoms with Gasteiger partial charge in [0.25, 0.3) is 5.91 Å². The molecule has 1 amide bonds. The molecule has 0 heterocycles. The second-order valence-corrected chi connectivity index (χ2v) is 10.5. The summed E-state index contributed by atoms with van der Waals surface area (Å²) in [5.41, 5.74) is 2.82. The highest BCUT2D eigenvalue weighted by molar-refractivity contribution is 9.10. The van der Waals surface area contributed by atoms with Crippen molar-refractivity contribution in [2.45, 2.75) is 20.1 Å². The average molecular weight is 680 g/mol. The van der Waals surface area contributed by atoms with Gasteiger partial charge < -0.3 is 19.5 Å². The molecule has 0 saturated carbocycles. The van der Waals surface area contributed by atoms with Gasteiger partial charge in [-0.05, 0) is 106 Å². The molecule has 0 aliphatic heterocycles. The van der Waals surface area contributed by atoms with Gasteiger partial charge in [0.05, 0.1) is 11.1 Å². The molecule has 9 heteroatoms. The van der Waals surface area contributed by atoms with Crippen molar-refractivity contribution >= 4 is 49.5 Å². The standard InChI is InChI=1S/C32H25Br2FN2O4/c1-2-39-30-17-23(16-29(34)31(30)41-20-22-5-9-26(35)10-6-22)15-24(18-36)32(38)37-27-11-13-28(14-12-27)40-19-21-3-7-25(33)8-4-21/h3-17H,2,19-20H2,1H3,(H,37,38)/b24-15+. The molecular weight excluding hydrogens is 655 g/mol. The van der Waals surface area contributed by atoms with Crippen molar-refractivity contribution in [3.8, 4) is 23.3 Å². The van der Waals surface area contributed by atoms with Crippen LogP contribution in [0.2, 0.25) is 0 Å². The maximum Gasteiger partial charge on any atom is 0.266 e. The summed E-state index contributed by atoms with van der Waals surface area (Å²) in [6, 6.07) is 26.2. The Labute approximate surface area is 254 Å². The first-order valence-electron chi connectivity index (χ1n) is 12.6. The van der Waals surface area contributed by atoms with E-state index in [-0.39, 0.29) is 18.0 Å². The molecule has 41 heavy (non-hydrogen) atoms. The van der Waals surface area contributed by atoms with E-state index in [1.54, 1.807) is 48.5 Å². The van der Waals surface area contributed by atoms with Crippen LogP contribution in [0.1, 0.15) is 23.6 Å². The van der Waals surface area contributed by atoms with Crippen molar-refractivity contribution < 1.29 is 23.4 Å². The minimum absolute atomic E-state index is 0.0881. The molecule has 0 spiro atoms. The number of carbonyl (C=O) groups is 1. The molecule has 4 aromatic rings. The molecule has 0 radical (unpaired) electrons. The lowest BCUT2D eigenvalue weighted by Crippen LogP contribution is -2.13.